The van der Waals surface area contributed by atoms with E-state index in [0.717, 1.165) is 0 Å². The first-order valence-electron chi connectivity index (χ1n) is 5.43. The van der Waals surface area contributed by atoms with Gasteiger partial charge in [-0.1, -0.05) is 0 Å². The largest absolute Gasteiger partial charge is 0.497 e. The van der Waals surface area contributed by atoms with Crippen LogP contribution in [0.1, 0.15) is 5.82 Å². The van der Waals surface area contributed by atoms with Crippen LogP contribution in [0, 0.1) is 0 Å². The summed E-state index contributed by atoms with van der Waals surface area (Å²) in [4.78, 5) is 8.65. The summed E-state index contributed by atoms with van der Waals surface area (Å²) in [6.07, 6.45) is -4.58. The van der Waals surface area contributed by atoms with E-state index in [1.807, 2.05) is 0 Å². The highest BCUT2D eigenvalue weighted by atomic mass is 19.4. The number of ether oxygens (including phenoxy) is 1. The molecule has 4 nitrogen and oxygen atoms in total. The average molecular weight is 271 g/mol. The van der Waals surface area contributed by atoms with Crippen molar-refractivity contribution in [1.29, 1.82) is 0 Å². The number of methoxy groups -OCH3 is 1. The van der Waals surface area contributed by atoms with Gasteiger partial charge in [0.2, 0.25) is 5.82 Å². The summed E-state index contributed by atoms with van der Waals surface area (Å²) in [6.45, 7) is 0. The number of rotatable bonds is 2. The first-order chi connectivity index (χ1) is 8.82. The Kier molecular flexibility index (Phi) is 3.21. The molecule has 0 atom stereocenters. The fraction of sp³-hybridized carbons (Fsp3) is 0.333. The van der Waals surface area contributed by atoms with E-state index in [1.165, 1.54) is 18.1 Å². The minimum atomic E-state index is -4.58. The Morgan fingerprint density at radius 1 is 1.16 bits per heavy atom. The third-order valence-corrected chi connectivity index (χ3v) is 2.56. The van der Waals surface area contributed by atoms with Crippen molar-refractivity contribution in [3.8, 4) is 5.75 Å². The van der Waals surface area contributed by atoms with Gasteiger partial charge < -0.3 is 9.64 Å². The fourth-order valence-electron chi connectivity index (χ4n) is 1.69. The molecule has 1 aromatic carbocycles. The Morgan fingerprint density at radius 3 is 2.37 bits per heavy atom. The van der Waals surface area contributed by atoms with E-state index in [0.29, 0.717) is 11.1 Å². The lowest BCUT2D eigenvalue weighted by atomic mass is 10.2. The average Bonchev–Trinajstić information content (AvgIpc) is 2.35. The molecule has 0 spiro atoms. The van der Waals surface area contributed by atoms with Gasteiger partial charge in [0.15, 0.2) is 0 Å². The van der Waals surface area contributed by atoms with Gasteiger partial charge >= 0.3 is 6.18 Å². The summed E-state index contributed by atoms with van der Waals surface area (Å²) in [6, 6.07) is 4.76. The van der Waals surface area contributed by atoms with Gasteiger partial charge in [-0.05, 0) is 12.1 Å². The Balaban J connectivity index is 2.76. The fourth-order valence-corrected chi connectivity index (χ4v) is 1.69. The number of fused-ring (bicyclic) bond motifs is 1. The highest BCUT2D eigenvalue weighted by Crippen LogP contribution is 2.32. The summed E-state index contributed by atoms with van der Waals surface area (Å²) in [5, 5.41) is 0.541. The summed E-state index contributed by atoms with van der Waals surface area (Å²) in [5.74, 6) is -0.485. The van der Waals surface area contributed by atoms with Crippen LogP contribution in [0.3, 0.4) is 0 Å². The Bertz CT molecular complexity index is 611. The summed E-state index contributed by atoms with van der Waals surface area (Å²) < 4.78 is 43.3. The van der Waals surface area contributed by atoms with E-state index in [1.54, 1.807) is 26.2 Å². The van der Waals surface area contributed by atoms with Crippen molar-refractivity contribution in [3.63, 3.8) is 0 Å². The van der Waals surface area contributed by atoms with Crippen molar-refractivity contribution in [2.75, 3.05) is 26.1 Å². The van der Waals surface area contributed by atoms with E-state index in [4.69, 9.17) is 4.74 Å². The first-order valence-corrected chi connectivity index (χ1v) is 5.43. The van der Waals surface area contributed by atoms with Crippen molar-refractivity contribution in [2.24, 2.45) is 0 Å². The lowest BCUT2D eigenvalue weighted by Crippen LogP contribution is -2.17. The molecule has 1 heterocycles. The van der Waals surface area contributed by atoms with Crippen LogP contribution >= 0.6 is 0 Å². The van der Waals surface area contributed by atoms with Gasteiger partial charge in [-0.3, -0.25) is 0 Å². The van der Waals surface area contributed by atoms with E-state index < -0.39 is 12.0 Å². The predicted molar refractivity (Wildman–Crippen MR) is 65.4 cm³/mol. The molecule has 0 N–H and O–H groups in total. The number of aromatic nitrogens is 2. The van der Waals surface area contributed by atoms with Gasteiger partial charge in [0, 0.05) is 25.5 Å². The quantitative estimate of drug-likeness (QED) is 0.841. The minimum absolute atomic E-state index is 0.199. The van der Waals surface area contributed by atoms with E-state index in [-0.39, 0.29) is 11.3 Å². The maximum Gasteiger partial charge on any atom is 0.451 e. The maximum absolute atomic E-state index is 12.8. The molecular formula is C12H12F3N3O. The van der Waals surface area contributed by atoms with E-state index in [9.17, 15) is 13.2 Å². The van der Waals surface area contributed by atoms with Crippen molar-refractivity contribution in [2.45, 2.75) is 6.18 Å². The van der Waals surface area contributed by atoms with Crippen LogP contribution in [0.5, 0.6) is 5.75 Å². The van der Waals surface area contributed by atoms with Gasteiger partial charge in [0.1, 0.15) is 11.6 Å². The summed E-state index contributed by atoms with van der Waals surface area (Å²) in [7, 11) is 4.71. The molecule has 0 radical (unpaired) electrons. The van der Waals surface area contributed by atoms with Crippen LogP contribution in [0.2, 0.25) is 0 Å². The molecule has 1 aromatic heterocycles. The summed E-state index contributed by atoms with van der Waals surface area (Å²) >= 11 is 0. The van der Waals surface area contributed by atoms with Crippen molar-refractivity contribution in [3.05, 3.63) is 24.0 Å². The molecule has 0 aliphatic rings. The molecule has 7 heteroatoms. The highest BCUT2D eigenvalue weighted by molar-refractivity contribution is 5.90. The van der Waals surface area contributed by atoms with Crippen LogP contribution in [0.15, 0.2) is 18.2 Å². The molecule has 0 fully saturated rings. The zero-order valence-electron chi connectivity index (χ0n) is 10.6. The smallest absolute Gasteiger partial charge is 0.451 e. The normalized spacial score (nSPS) is 11.7. The van der Waals surface area contributed by atoms with Crippen molar-refractivity contribution in [1.82, 2.24) is 9.97 Å². The zero-order valence-corrected chi connectivity index (χ0v) is 10.6. The molecule has 0 amide bonds. The second-order valence-corrected chi connectivity index (χ2v) is 4.15. The second-order valence-electron chi connectivity index (χ2n) is 4.15. The molecule has 102 valence electrons. The second kappa shape index (κ2) is 4.56. The monoisotopic (exact) mass is 271 g/mol. The van der Waals surface area contributed by atoms with Gasteiger partial charge in [-0.15, -0.1) is 0 Å². The molecule has 19 heavy (non-hydrogen) atoms. The number of anilines is 1. The third kappa shape index (κ3) is 2.54. The Morgan fingerprint density at radius 2 is 1.84 bits per heavy atom. The van der Waals surface area contributed by atoms with Crippen LogP contribution in [0.4, 0.5) is 19.0 Å². The molecule has 2 aromatic rings. The van der Waals surface area contributed by atoms with Crippen LogP contribution < -0.4 is 9.64 Å². The summed E-state index contributed by atoms with van der Waals surface area (Å²) in [5.41, 5.74) is 0.199. The van der Waals surface area contributed by atoms with Crippen LogP contribution in [0.25, 0.3) is 10.9 Å². The minimum Gasteiger partial charge on any atom is -0.497 e. The van der Waals surface area contributed by atoms with E-state index >= 15 is 0 Å². The molecule has 0 saturated carbocycles. The third-order valence-electron chi connectivity index (χ3n) is 2.56. The molecule has 2 rings (SSSR count). The van der Waals surface area contributed by atoms with Crippen LogP contribution in [-0.4, -0.2) is 31.2 Å². The topological polar surface area (TPSA) is 38.2 Å². The molecule has 0 aliphatic carbocycles. The molecule has 0 bridgehead atoms. The van der Waals surface area contributed by atoms with Crippen molar-refractivity contribution < 1.29 is 17.9 Å². The maximum atomic E-state index is 12.8. The standard InChI is InChI=1S/C12H12F3N3O/c1-18(2)10-8-5-4-7(19-3)6-9(8)16-11(17-10)12(13,14)15/h4-6H,1-3H3. The SMILES string of the molecule is COc1ccc2c(N(C)C)nc(C(F)(F)F)nc2c1. The van der Waals surface area contributed by atoms with E-state index in [2.05, 4.69) is 9.97 Å². The molecular weight excluding hydrogens is 259 g/mol. The molecule has 0 unspecified atom stereocenters. The Hall–Kier alpha value is -2.05. The molecule has 0 aliphatic heterocycles. The Labute approximate surface area is 107 Å². The predicted octanol–water partition coefficient (Wildman–Crippen LogP) is 2.72. The lowest BCUT2D eigenvalue weighted by Gasteiger charge is -2.16. The number of halogens is 3. The number of hydrogen-bond donors (Lipinski definition) is 0. The number of nitrogens with zero attached hydrogens (tertiary/aromatic N) is 3. The first kappa shape index (κ1) is 13.4. The number of alkyl halides is 3. The number of benzene rings is 1. The van der Waals surface area contributed by atoms with Crippen molar-refractivity contribution >= 4 is 16.7 Å². The van der Waals surface area contributed by atoms with Gasteiger partial charge in [0.05, 0.1) is 12.6 Å². The van der Waals surface area contributed by atoms with Gasteiger partial charge in [-0.2, -0.15) is 13.2 Å². The molecule has 0 saturated heterocycles. The highest BCUT2D eigenvalue weighted by Gasteiger charge is 2.35. The van der Waals surface area contributed by atoms with Crippen LogP contribution in [-0.2, 0) is 6.18 Å². The van der Waals surface area contributed by atoms with Gasteiger partial charge in [-0.25, -0.2) is 9.97 Å². The zero-order chi connectivity index (χ0) is 14.2. The van der Waals surface area contributed by atoms with Gasteiger partial charge in [0.25, 0.3) is 0 Å². The lowest BCUT2D eigenvalue weighted by molar-refractivity contribution is -0.144. The number of hydrogen-bond acceptors (Lipinski definition) is 4.